The van der Waals surface area contributed by atoms with Gasteiger partial charge in [-0.25, -0.2) is 4.98 Å². The van der Waals surface area contributed by atoms with Crippen molar-refractivity contribution in [1.82, 2.24) is 14.5 Å². The zero-order chi connectivity index (χ0) is 13.3. The van der Waals surface area contributed by atoms with Crippen LogP contribution in [0.5, 0.6) is 0 Å². The molecule has 0 bridgehead atoms. The molecule has 1 aliphatic heterocycles. The van der Waals surface area contributed by atoms with Crippen LogP contribution >= 0.6 is 0 Å². The van der Waals surface area contributed by atoms with Crippen molar-refractivity contribution in [3.8, 4) is 0 Å². The Labute approximate surface area is 113 Å². The highest BCUT2D eigenvalue weighted by atomic mass is 16.3. The first kappa shape index (κ1) is 12.4. The van der Waals surface area contributed by atoms with Crippen molar-refractivity contribution >= 4 is 0 Å². The van der Waals surface area contributed by atoms with Gasteiger partial charge in [-0.1, -0.05) is 30.3 Å². The van der Waals surface area contributed by atoms with Gasteiger partial charge < -0.3 is 9.67 Å². The maximum absolute atomic E-state index is 10.7. The Balaban J connectivity index is 1.72. The summed E-state index contributed by atoms with van der Waals surface area (Å²) in [5.41, 5.74) is 0.139. The van der Waals surface area contributed by atoms with Gasteiger partial charge in [0.05, 0.1) is 12.1 Å². The second kappa shape index (κ2) is 4.79. The number of benzene rings is 1. The molecule has 0 amide bonds. The summed E-state index contributed by atoms with van der Waals surface area (Å²) < 4.78 is 2.17. The lowest BCUT2D eigenvalue weighted by Gasteiger charge is -2.34. The molecule has 2 aromatic rings. The van der Waals surface area contributed by atoms with Gasteiger partial charge >= 0.3 is 0 Å². The van der Waals surface area contributed by atoms with Crippen LogP contribution in [-0.4, -0.2) is 32.6 Å². The summed E-state index contributed by atoms with van der Waals surface area (Å²) in [6, 6.07) is 9.85. The van der Waals surface area contributed by atoms with E-state index in [0.717, 1.165) is 31.0 Å². The zero-order valence-corrected chi connectivity index (χ0v) is 11.2. The average Bonchev–Trinajstić information content (AvgIpc) is 2.87. The van der Waals surface area contributed by atoms with Gasteiger partial charge in [-0.15, -0.1) is 0 Å². The highest BCUT2D eigenvalue weighted by Crippen LogP contribution is 2.23. The fourth-order valence-electron chi connectivity index (χ4n) is 2.68. The van der Waals surface area contributed by atoms with Crippen LogP contribution in [0.2, 0.25) is 0 Å². The molecule has 1 unspecified atom stereocenters. The molecular formula is C15H19N3O. The molecule has 1 atom stereocenters. The summed E-state index contributed by atoms with van der Waals surface area (Å²) in [5, 5.41) is 10.7. The Morgan fingerprint density at radius 1 is 1.26 bits per heavy atom. The predicted molar refractivity (Wildman–Crippen MR) is 73.5 cm³/mol. The topological polar surface area (TPSA) is 41.3 Å². The van der Waals surface area contributed by atoms with Gasteiger partial charge in [0.2, 0.25) is 0 Å². The van der Waals surface area contributed by atoms with Crippen molar-refractivity contribution in [1.29, 1.82) is 0 Å². The number of β-amino-alcohol motifs (C(OH)–C–C–N with tert-alkyl or cyclic N) is 1. The van der Waals surface area contributed by atoms with E-state index in [1.807, 2.05) is 49.6 Å². The summed E-state index contributed by atoms with van der Waals surface area (Å²) >= 11 is 0. The summed E-state index contributed by atoms with van der Waals surface area (Å²) in [7, 11) is 0. The van der Waals surface area contributed by atoms with Gasteiger partial charge in [0.1, 0.15) is 5.82 Å². The van der Waals surface area contributed by atoms with Gasteiger partial charge in [0, 0.05) is 32.0 Å². The van der Waals surface area contributed by atoms with Gasteiger partial charge in [0.25, 0.3) is 0 Å². The number of rotatable bonds is 3. The van der Waals surface area contributed by atoms with E-state index in [1.54, 1.807) is 0 Å². The molecule has 0 saturated carbocycles. The molecule has 0 fully saturated rings. The molecule has 1 aromatic carbocycles. The second-order valence-corrected chi connectivity index (χ2v) is 5.39. The largest absolute Gasteiger partial charge is 0.384 e. The van der Waals surface area contributed by atoms with Gasteiger partial charge in [0.15, 0.2) is 0 Å². The zero-order valence-electron chi connectivity index (χ0n) is 11.2. The third kappa shape index (κ3) is 2.55. The fourth-order valence-corrected chi connectivity index (χ4v) is 2.68. The number of aromatic nitrogens is 2. The molecule has 1 N–H and O–H groups in total. The third-order valence-electron chi connectivity index (χ3n) is 3.75. The summed E-state index contributed by atoms with van der Waals surface area (Å²) in [4.78, 5) is 6.61. The van der Waals surface area contributed by atoms with E-state index >= 15 is 0 Å². The molecule has 0 saturated heterocycles. The molecule has 0 spiro atoms. The Hall–Kier alpha value is -1.65. The van der Waals surface area contributed by atoms with Crippen molar-refractivity contribution in [3.05, 3.63) is 54.1 Å². The summed E-state index contributed by atoms with van der Waals surface area (Å²) in [6.45, 7) is 5.20. The van der Waals surface area contributed by atoms with E-state index in [4.69, 9.17) is 0 Å². The maximum atomic E-state index is 10.7. The van der Waals surface area contributed by atoms with Crippen LogP contribution < -0.4 is 0 Å². The van der Waals surface area contributed by atoms with Crippen LogP contribution in [0, 0.1) is 0 Å². The number of fused-ring (bicyclic) bond motifs is 1. The minimum absolute atomic E-state index is 0.629. The van der Waals surface area contributed by atoms with E-state index in [-0.39, 0.29) is 0 Å². The number of aliphatic hydroxyl groups is 1. The van der Waals surface area contributed by atoms with E-state index in [2.05, 4.69) is 14.5 Å². The lowest BCUT2D eigenvalue weighted by molar-refractivity contribution is 0.00744. The van der Waals surface area contributed by atoms with E-state index in [0.29, 0.717) is 6.54 Å². The molecule has 4 heteroatoms. The normalized spacial score (nSPS) is 18.8. The van der Waals surface area contributed by atoms with Crippen molar-refractivity contribution in [3.63, 3.8) is 0 Å². The number of hydrogen-bond acceptors (Lipinski definition) is 3. The van der Waals surface area contributed by atoms with Crippen LogP contribution in [0.4, 0.5) is 0 Å². The molecule has 0 aliphatic carbocycles. The summed E-state index contributed by atoms with van der Waals surface area (Å²) in [6.07, 6.45) is 3.86. The molecular weight excluding hydrogens is 238 g/mol. The fraction of sp³-hybridized carbons (Fsp3) is 0.400. The third-order valence-corrected chi connectivity index (χ3v) is 3.75. The maximum Gasteiger partial charge on any atom is 0.122 e. The standard InChI is InChI=1S/C15H19N3O/c1-15(19,13-5-3-2-4-6-13)12-17-9-10-18-8-7-16-14(18)11-17/h2-8,19H,9-12H2,1H3. The lowest BCUT2D eigenvalue weighted by Crippen LogP contribution is -2.42. The van der Waals surface area contributed by atoms with Crippen LogP contribution in [0.3, 0.4) is 0 Å². The smallest absolute Gasteiger partial charge is 0.122 e. The molecule has 2 heterocycles. The first-order valence-corrected chi connectivity index (χ1v) is 6.65. The molecule has 3 rings (SSSR count). The van der Waals surface area contributed by atoms with E-state index in [1.165, 1.54) is 0 Å². The molecule has 19 heavy (non-hydrogen) atoms. The van der Waals surface area contributed by atoms with Crippen LogP contribution in [0.25, 0.3) is 0 Å². The Bertz CT molecular complexity index is 548. The number of imidazole rings is 1. The predicted octanol–water partition coefficient (Wildman–Crippen LogP) is 1.61. The van der Waals surface area contributed by atoms with Crippen LogP contribution in [0.1, 0.15) is 18.3 Å². The lowest BCUT2D eigenvalue weighted by atomic mass is 9.95. The first-order valence-electron chi connectivity index (χ1n) is 6.65. The quantitative estimate of drug-likeness (QED) is 0.908. The SMILES string of the molecule is CC(O)(CN1CCn2ccnc2C1)c1ccccc1. The van der Waals surface area contributed by atoms with Gasteiger partial charge in [-0.05, 0) is 12.5 Å². The molecule has 100 valence electrons. The van der Waals surface area contributed by atoms with E-state index < -0.39 is 5.60 Å². The Morgan fingerprint density at radius 2 is 2.05 bits per heavy atom. The average molecular weight is 257 g/mol. The molecule has 4 nitrogen and oxygen atoms in total. The summed E-state index contributed by atoms with van der Waals surface area (Å²) in [5.74, 6) is 1.08. The number of nitrogens with zero attached hydrogens (tertiary/aromatic N) is 3. The van der Waals surface area contributed by atoms with Crippen molar-refractivity contribution in [2.24, 2.45) is 0 Å². The van der Waals surface area contributed by atoms with Crippen LogP contribution in [-0.2, 0) is 18.7 Å². The van der Waals surface area contributed by atoms with Crippen LogP contribution in [0.15, 0.2) is 42.7 Å². The molecule has 0 radical (unpaired) electrons. The van der Waals surface area contributed by atoms with Crippen molar-refractivity contribution in [2.45, 2.75) is 25.6 Å². The van der Waals surface area contributed by atoms with Gasteiger partial charge in [-0.3, -0.25) is 4.90 Å². The molecule has 1 aromatic heterocycles. The monoisotopic (exact) mass is 257 g/mol. The van der Waals surface area contributed by atoms with Gasteiger partial charge in [-0.2, -0.15) is 0 Å². The Morgan fingerprint density at radius 3 is 2.84 bits per heavy atom. The number of hydrogen-bond donors (Lipinski definition) is 1. The van der Waals surface area contributed by atoms with Crippen molar-refractivity contribution < 1.29 is 5.11 Å². The highest BCUT2D eigenvalue weighted by Gasteiger charge is 2.28. The highest BCUT2D eigenvalue weighted by molar-refractivity contribution is 5.21. The van der Waals surface area contributed by atoms with Crippen molar-refractivity contribution in [2.75, 3.05) is 13.1 Å². The Kier molecular flexibility index (Phi) is 3.12. The van der Waals surface area contributed by atoms with E-state index in [9.17, 15) is 5.11 Å². The second-order valence-electron chi connectivity index (χ2n) is 5.39. The first-order chi connectivity index (χ1) is 9.15. The molecule has 1 aliphatic rings. The minimum atomic E-state index is -0.823. The minimum Gasteiger partial charge on any atom is -0.384 e.